The Kier molecular flexibility index (Phi) is 5.95. The number of hydrogen-bond donors (Lipinski definition) is 0. The van der Waals surface area contributed by atoms with Crippen molar-refractivity contribution >= 4 is 34.1 Å². The fraction of sp³-hybridized carbons (Fsp3) is 0.172. The van der Waals surface area contributed by atoms with Gasteiger partial charge in [0.25, 0.3) is 0 Å². The number of halogens is 1. The molecule has 0 radical (unpaired) electrons. The molecule has 0 unspecified atom stereocenters. The number of anilines is 2. The van der Waals surface area contributed by atoms with Crippen LogP contribution in [0.2, 0.25) is 5.02 Å². The van der Waals surface area contributed by atoms with Crippen LogP contribution in [-0.4, -0.2) is 47.8 Å². The molecule has 7 heteroatoms. The summed E-state index contributed by atoms with van der Waals surface area (Å²) in [4.78, 5) is 14.3. The van der Waals surface area contributed by atoms with Crippen molar-refractivity contribution in [2.45, 2.75) is 0 Å². The summed E-state index contributed by atoms with van der Waals surface area (Å²) < 4.78 is 7.73. The first-order valence-corrected chi connectivity index (χ1v) is 12.4. The SMILES string of the molecule is COc1ccccc1N1CCN(c2ncnc3c2c(-c2ccccc2)cn3-c2ccc(Cl)cc2)CC1. The Morgan fingerprint density at radius 3 is 2.22 bits per heavy atom. The predicted octanol–water partition coefficient (Wildman–Crippen LogP) is 6.08. The molecule has 1 fully saturated rings. The van der Waals surface area contributed by atoms with Crippen LogP contribution >= 0.6 is 11.6 Å². The number of para-hydroxylation sites is 2. The molecule has 6 rings (SSSR count). The number of rotatable bonds is 5. The van der Waals surface area contributed by atoms with E-state index in [1.54, 1.807) is 13.4 Å². The van der Waals surface area contributed by atoms with Crippen LogP contribution in [0.1, 0.15) is 0 Å². The van der Waals surface area contributed by atoms with Crippen LogP contribution in [0.5, 0.6) is 5.75 Å². The van der Waals surface area contributed by atoms with Crippen LogP contribution in [-0.2, 0) is 0 Å². The maximum atomic E-state index is 6.17. The lowest BCUT2D eigenvalue weighted by atomic mass is 10.1. The molecule has 2 aromatic heterocycles. The van der Waals surface area contributed by atoms with Gasteiger partial charge in [0.15, 0.2) is 5.65 Å². The number of piperazine rings is 1. The summed E-state index contributed by atoms with van der Waals surface area (Å²) in [6.07, 6.45) is 3.83. The van der Waals surface area contributed by atoms with Gasteiger partial charge in [-0.25, -0.2) is 9.97 Å². The second kappa shape index (κ2) is 9.55. The number of methoxy groups -OCH3 is 1. The minimum Gasteiger partial charge on any atom is -0.495 e. The van der Waals surface area contributed by atoms with Crippen LogP contribution < -0.4 is 14.5 Å². The van der Waals surface area contributed by atoms with E-state index in [1.165, 1.54) is 0 Å². The Morgan fingerprint density at radius 2 is 1.47 bits per heavy atom. The van der Waals surface area contributed by atoms with Crippen molar-refractivity contribution < 1.29 is 4.74 Å². The predicted molar refractivity (Wildman–Crippen MR) is 147 cm³/mol. The zero-order chi connectivity index (χ0) is 24.5. The Bertz CT molecular complexity index is 1490. The highest BCUT2D eigenvalue weighted by molar-refractivity contribution is 6.30. The quantitative estimate of drug-likeness (QED) is 0.296. The average molecular weight is 496 g/mol. The van der Waals surface area contributed by atoms with Gasteiger partial charge in [-0.3, -0.25) is 0 Å². The molecule has 6 nitrogen and oxygen atoms in total. The van der Waals surface area contributed by atoms with Gasteiger partial charge in [0.2, 0.25) is 0 Å². The standard InChI is InChI=1S/C29H26ClN5O/c1-36-26-10-6-5-9-25(26)33-15-17-34(18-16-33)28-27-24(21-7-3-2-4-8-21)19-35(29(27)32-20-31-28)23-13-11-22(30)12-14-23/h2-14,19-20H,15-18H2,1H3. The number of ether oxygens (including phenoxy) is 1. The van der Waals surface area contributed by atoms with Gasteiger partial charge in [-0.2, -0.15) is 0 Å². The first-order chi connectivity index (χ1) is 17.7. The third kappa shape index (κ3) is 4.03. The van der Waals surface area contributed by atoms with Crippen LogP contribution in [0.3, 0.4) is 0 Å². The summed E-state index contributed by atoms with van der Waals surface area (Å²) in [6.45, 7) is 3.46. The third-order valence-electron chi connectivity index (χ3n) is 6.76. The Balaban J connectivity index is 1.41. The molecule has 0 bridgehead atoms. The lowest BCUT2D eigenvalue weighted by Crippen LogP contribution is -2.47. The zero-order valence-corrected chi connectivity index (χ0v) is 20.8. The molecule has 3 aromatic carbocycles. The molecule has 0 spiro atoms. The van der Waals surface area contributed by atoms with E-state index in [9.17, 15) is 0 Å². The van der Waals surface area contributed by atoms with Gasteiger partial charge in [0.1, 0.15) is 17.9 Å². The maximum Gasteiger partial charge on any atom is 0.150 e. The van der Waals surface area contributed by atoms with Crippen LogP contribution in [0.25, 0.3) is 27.8 Å². The van der Waals surface area contributed by atoms with Gasteiger partial charge in [-0.05, 0) is 42.0 Å². The fourth-order valence-electron chi connectivity index (χ4n) is 4.97. The van der Waals surface area contributed by atoms with Gasteiger partial charge in [-0.15, -0.1) is 0 Å². The van der Waals surface area contributed by atoms with Crippen molar-refractivity contribution in [1.82, 2.24) is 14.5 Å². The number of hydrogen-bond acceptors (Lipinski definition) is 5. The van der Waals surface area contributed by atoms with Crippen LogP contribution in [0, 0.1) is 0 Å². The van der Waals surface area contributed by atoms with E-state index in [0.717, 1.165) is 71.3 Å². The normalized spacial score (nSPS) is 13.8. The summed E-state index contributed by atoms with van der Waals surface area (Å²) in [6, 6.07) is 26.5. The summed E-state index contributed by atoms with van der Waals surface area (Å²) in [7, 11) is 1.73. The van der Waals surface area contributed by atoms with Crippen molar-refractivity contribution in [3.63, 3.8) is 0 Å². The second-order valence-corrected chi connectivity index (χ2v) is 9.23. The van der Waals surface area contributed by atoms with E-state index in [1.807, 2.05) is 42.5 Å². The van der Waals surface area contributed by atoms with Crippen molar-refractivity contribution in [2.75, 3.05) is 43.1 Å². The van der Waals surface area contributed by atoms with Gasteiger partial charge in [0, 0.05) is 48.6 Å². The number of nitrogens with zero attached hydrogens (tertiary/aromatic N) is 5. The fourth-order valence-corrected chi connectivity index (χ4v) is 5.10. The lowest BCUT2D eigenvalue weighted by molar-refractivity contribution is 0.413. The molecule has 0 aliphatic carbocycles. The molecule has 0 saturated carbocycles. The molecule has 1 aliphatic heterocycles. The van der Waals surface area contributed by atoms with E-state index in [2.05, 4.69) is 57.0 Å². The number of benzene rings is 3. The van der Waals surface area contributed by atoms with Crippen molar-refractivity contribution in [1.29, 1.82) is 0 Å². The highest BCUT2D eigenvalue weighted by atomic mass is 35.5. The zero-order valence-electron chi connectivity index (χ0n) is 20.0. The molecule has 180 valence electrons. The van der Waals surface area contributed by atoms with Gasteiger partial charge in [0.05, 0.1) is 18.2 Å². The van der Waals surface area contributed by atoms with E-state index in [4.69, 9.17) is 26.3 Å². The minimum atomic E-state index is 0.710. The van der Waals surface area contributed by atoms with Gasteiger partial charge in [-0.1, -0.05) is 54.1 Å². The number of aromatic nitrogens is 3. The topological polar surface area (TPSA) is 46.4 Å². The van der Waals surface area contributed by atoms with Crippen molar-refractivity contribution in [3.8, 4) is 22.6 Å². The second-order valence-electron chi connectivity index (χ2n) is 8.80. The summed E-state index contributed by atoms with van der Waals surface area (Å²) in [5, 5.41) is 1.77. The van der Waals surface area contributed by atoms with Crippen molar-refractivity contribution in [2.24, 2.45) is 0 Å². The van der Waals surface area contributed by atoms with Crippen LogP contribution in [0.4, 0.5) is 11.5 Å². The molecular weight excluding hydrogens is 470 g/mol. The van der Waals surface area contributed by atoms with Gasteiger partial charge < -0.3 is 19.1 Å². The average Bonchev–Trinajstić information content (AvgIpc) is 3.34. The Morgan fingerprint density at radius 1 is 0.778 bits per heavy atom. The molecule has 3 heterocycles. The molecule has 5 aromatic rings. The summed E-state index contributed by atoms with van der Waals surface area (Å²) >= 11 is 6.17. The molecule has 36 heavy (non-hydrogen) atoms. The first kappa shape index (κ1) is 22.4. The monoisotopic (exact) mass is 495 g/mol. The molecule has 1 saturated heterocycles. The molecule has 0 N–H and O–H groups in total. The van der Waals surface area contributed by atoms with E-state index in [-0.39, 0.29) is 0 Å². The highest BCUT2D eigenvalue weighted by Gasteiger charge is 2.25. The van der Waals surface area contributed by atoms with E-state index in [0.29, 0.717) is 5.02 Å². The molecule has 0 amide bonds. The molecular formula is C29H26ClN5O. The Labute approximate surface area is 215 Å². The minimum absolute atomic E-state index is 0.710. The number of fused-ring (bicyclic) bond motifs is 1. The van der Waals surface area contributed by atoms with Crippen LogP contribution in [0.15, 0.2) is 91.4 Å². The maximum absolute atomic E-state index is 6.17. The van der Waals surface area contributed by atoms with Crippen molar-refractivity contribution in [3.05, 3.63) is 96.4 Å². The highest BCUT2D eigenvalue weighted by Crippen LogP contribution is 2.37. The van der Waals surface area contributed by atoms with E-state index >= 15 is 0 Å². The Hall–Kier alpha value is -4.03. The summed E-state index contributed by atoms with van der Waals surface area (Å²) in [5.41, 5.74) is 5.28. The molecule has 0 atom stereocenters. The first-order valence-electron chi connectivity index (χ1n) is 12.0. The largest absolute Gasteiger partial charge is 0.495 e. The lowest BCUT2D eigenvalue weighted by Gasteiger charge is -2.37. The van der Waals surface area contributed by atoms with Gasteiger partial charge >= 0.3 is 0 Å². The summed E-state index contributed by atoms with van der Waals surface area (Å²) in [5.74, 6) is 1.87. The third-order valence-corrected chi connectivity index (χ3v) is 7.01. The van der Waals surface area contributed by atoms with E-state index < -0.39 is 0 Å². The molecule has 1 aliphatic rings. The smallest absolute Gasteiger partial charge is 0.150 e.